The summed E-state index contributed by atoms with van der Waals surface area (Å²) in [6.45, 7) is 2.61. The van der Waals surface area contributed by atoms with Crippen molar-refractivity contribution < 1.29 is 4.74 Å². The zero-order chi connectivity index (χ0) is 20.2. The van der Waals surface area contributed by atoms with Gasteiger partial charge >= 0.3 is 0 Å². The van der Waals surface area contributed by atoms with Crippen LogP contribution < -0.4 is 20.5 Å². The molecule has 1 N–H and O–H groups in total. The average Bonchev–Trinajstić information content (AvgIpc) is 3.24. The molecular weight excluding hydrogens is 388 g/mol. The van der Waals surface area contributed by atoms with E-state index in [-0.39, 0.29) is 10.6 Å². The summed E-state index contributed by atoms with van der Waals surface area (Å²) >= 11 is 6.34. The van der Waals surface area contributed by atoms with Crippen LogP contribution in [0.5, 0.6) is 5.75 Å². The van der Waals surface area contributed by atoms with Crippen LogP contribution in [0.2, 0.25) is 5.02 Å². The first-order valence-corrected chi connectivity index (χ1v) is 10.00. The normalized spacial score (nSPS) is 16.1. The summed E-state index contributed by atoms with van der Waals surface area (Å²) in [5, 5.41) is 7.74. The Balaban J connectivity index is 1.42. The van der Waals surface area contributed by atoms with Crippen molar-refractivity contribution in [3.05, 3.63) is 76.2 Å². The Bertz CT molecular complexity index is 1040. The molecule has 0 saturated carbocycles. The molecule has 1 aliphatic rings. The second-order valence-electron chi connectivity index (χ2n) is 7.08. The lowest BCUT2D eigenvalue weighted by molar-refractivity contribution is 0.414. The topological polar surface area (TPSA) is 59.4 Å². The van der Waals surface area contributed by atoms with Gasteiger partial charge in [-0.05, 0) is 36.6 Å². The number of aromatic nitrogens is 2. The number of benzene rings is 2. The van der Waals surface area contributed by atoms with Crippen LogP contribution in [0.25, 0.3) is 5.69 Å². The van der Waals surface area contributed by atoms with Crippen molar-refractivity contribution in [3.8, 4) is 11.4 Å². The lowest BCUT2D eigenvalue weighted by Gasteiger charge is -2.21. The van der Waals surface area contributed by atoms with Crippen molar-refractivity contribution in [1.82, 2.24) is 9.78 Å². The Kier molecular flexibility index (Phi) is 5.71. The maximum absolute atomic E-state index is 12.6. The molecule has 150 valence electrons. The zero-order valence-electron chi connectivity index (χ0n) is 16.2. The van der Waals surface area contributed by atoms with Gasteiger partial charge in [0.15, 0.2) is 0 Å². The maximum Gasteiger partial charge on any atom is 0.292 e. The summed E-state index contributed by atoms with van der Waals surface area (Å²) in [5.41, 5.74) is 2.04. The summed E-state index contributed by atoms with van der Waals surface area (Å²) in [7, 11) is 1.70. The number of nitrogens with one attached hydrogen (secondary N) is 1. The van der Waals surface area contributed by atoms with Crippen LogP contribution in [0.15, 0.2) is 65.6 Å². The standard InChI is InChI=1S/C22H23ClN4O2/c1-29-20-10-6-5-9-19(20)26-12-11-16(15-26)13-24-18-14-25-27(22(28)21(18)23)17-7-3-2-4-8-17/h2-10,14,16,24H,11-13,15H2,1H3/t16-/m1/s1. The lowest BCUT2D eigenvalue weighted by Crippen LogP contribution is -2.25. The van der Waals surface area contributed by atoms with E-state index >= 15 is 0 Å². The number of anilines is 2. The minimum Gasteiger partial charge on any atom is -0.495 e. The number of para-hydroxylation sites is 3. The summed E-state index contributed by atoms with van der Waals surface area (Å²) in [6, 6.07) is 17.3. The van der Waals surface area contributed by atoms with Gasteiger partial charge in [0.1, 0.15) is 10.8 Å². The maximum atomic E-state index is 12.6. The largest absolute Gasteiger partial charge is 0.495 e. The van der Waals surface area contributed by atoms with Gasteiger partial charge < -0.3 is 15.0 Å². The van der Waals surface area contributed by atoms with Crippen LogP contribution in [0, 0.1) is 5.92 Å². The van der Waals surface area contributed by atoms with Gasteiger partial charge in [-0.3, -0.25) is 4.79 Å². The number of methoxy groups -OCH3 is 1. The average molecular weight is 411 g/mol. The molecule has 2 heterocycles. The molecule has 1 fully saturated rings. The molecule has 29 heavy (non-hydrogen) atoms. The molecule has 0 radical (unpaired) electrons. The smallest absolute Gasteiger partial charge is 0.292 e. The van der Waals surface area contributed by atoms with Crippen LogP contribution >= 0.6 is 11.6 Å². The molecule has 0 spiro atoms. The van der Waals surface area contributed by atoms with E-state index in [1.165, 1.54) is 4.68 Å². The first-order chi connectivity index (χ1) is 14.2. The highest BCUT2D eigenvalue weighted by atomic mass is 35.5. The Labute approximate surface area is 174 Å². The molecule has 6 nitrogen and oxygen atoms in total. The SMILES string of the molecule is COc1ccccc1N1CC[C@H](CNc2cnn(-c3ccccc3)c(=O)c2Cl)C1. The molecule has 1 saturated heterocycles. The van der Waals surface area contributed by atoms with E-state index in [4.69, 9.17) is 16.3 Å². The van der Waals surface area contributed by atoms with Crippen molar-refractivity contribution in [2.75, 3.05) is 37.0 Å². The van der Waals surface area contributed by atoms with Crippen molar-refractivity contribution in [3.63, 3.8) is 0 Å². The zero-order valence-corrected chi connectivity index (χ0v) is 17.0. The van der Waals surface area contributed by atoms with E-state index in [2.05, 4.69) is 21.4 Å². The minimum atomic E-state index is -0.329. The molecule has 0 unspecified atom stereocenters. The fourth-order valence-electron chi connectivity index (χ4n) is 3.67. The second kappa shape index (κ2) is 8.57. The predicted molar refractivity (Wildman–Crippen MR) is 117 cm³/mol. The van der Waals surface area contributed by atoms with Gasteiger partial charge in [0.2, 0.25) is 0 Å². The molecule has 1 aliphatic heterocycles. The number of halogens is 1. The predicted octanol–water partition coefficient (Wildman–Crippen LogP) is 3.83. The molecular formula is C22H23ClN4O2. The van der Waals surface area contributed by atoms with Crippen LogP contribution in [0.3, 0.4) is 0 Å². The van der Waals surface area contributed by atoms with E-state index < -0.39 is 0 Å². The fourth-order valence-corrected chi connectivity index (χ4v) is 3.87. The molecule has 7 heteroatoms. The quantitative estimate of drug-likeness (QED) is 0.669. The molecule has 1 atom stereocenters. The molecule has 1 aromatic heterocycles. The van der Waals surface area contributed by atoms with Gasteiger partial charge in [-0.25, -0.2) is 0 Å². The van der Waals surface area contributed by atoms with Crippen molar-refractivity contribution in [1.29, 1.82) is 0 Å². The van der Waals surface area contributed by atoms with E-state index in [0.29, 0.717) is 17.3 Å². The fraction of sp³-hybridized carbons (Fsp3) is 0.273. The van der Waals surface area contributed by atoms with Gasteiger partial charge in [-0.2, -0.15) is 9.78 Å². The van der Waals surface area contributed by atoms with E-state index in [0.717, 1.165) is 37.5 Å². The second-order valence-corrected chi connectivity index (χ2v) is 7.46. The van der Waals surface area contributed by atoms with Crippen molar-refractivity contribution in [2.24, 2.45) is 5.92 Å². The van der Waals surface area contributed by atoms with Crippen LogP contribution in [-0.4, -0.2) is 36.5 Å². The number of hydrogen-bond acceptors (Lipinski definition) is 5. The Morgan fingerprint density at radius 1 is 1.17 bits per heavy atom. The molecule has 0 bridgehead atoms. The number of rotatable bonds is 6. The first kappa shape index (κ1) is 19.3. The van der Waals surface area contributed by atoms with Gasteiger partial charge in [0, 0.05) is 19.6 Å². The van der Waals surface area contributed by atoms with Gasteiger partial charge in [-0.15, -0.1) is 0 Å². The van der Waals surface area contributed by atoms with Gasteiger partial charge in [0.05, 0.1) is 30.4 Å². The van der Waals surface area contributed by atoms with E-state index in [1.54, 1.807) is 13.3 Å². The first-order valence-electron chi connectivity index (χ1n) is 9.62. The number of ether oxygens (including phenoxy) is 1. The monoisotopic (exact) mass is 410 g/mol. The summed E-state index contributed by atoms with van der Waals surface area (Å²) in [6.07, 6.45) is 2.67. The third kappa shape index (κ3) is 4.07. The number of nitrogens with zero attached hydrogens (tertiary/aromatic N) is 3. The summed E-state index contributed by atoms with van der Waals surface area (Å²) < 4.78 is 6.79. The molecule has 0 aliphatic carbocycles. The van der Waals surface area contributed by atoms with Crippen molar-refractivity contribution in [2.45, 2.75) is 6.42 Å². The Morgan fingerprint density at radius 3 is 2.72 bits per heavy atom. The minimum absolute atomic E-state index is 0.156. The molecule has 0 amide bonds. The Hall–Kier alpha value is -2.99. The molecule has 3 aromatic rings. The molecule has 2 aromatic carbocycles. The van der Waals surface area contributed by atoms with Crippen LogP contribution in [0.1, 0.15) is 6.42 Å². The van der Waals surface area contributed by atoms with E-state index in [1.807, 2.05) is 48.5 Å². The Morgan fingerprint density at radius 2 is 1.93 bits per heavy atom. The highest BCUT2D eigenvalue weighted by molar-refractivity contribution is 6.32. The van der Waals surface area contributed by atoms with E-state index in [9.17, 15) is 4.79 Å². The summed E-state index contributed by atoms with van der Waals surface area (Å²) in [4.78, 5) is 14.9. The third-order valence-corrected chi connectivity index (χ3v) is 5.58. The highest BCUT2D eigenvalue weighted by Gasteiger charge is 2.24. The van der Waals surface area contributed by atoms with Crippen LogP contribution in [0.4, 0.5) is 11.4 Å². The molecule has 4 rings (SSSR count). The van der Waals surface area contributed by atoms with Crippen LogP contribution in [-0.2, 0) is 0 Å². The lowest BCUT2D eigenvalue weighted by atomic mass is 10.1. The third-order valence-electron chi connectivity index (χ3n) is 5.21. The number of hydrogen-bond donors (Lipinski definition) is 1. The summed E-state index contributed by atoms with van der Waals surface area (Å²) in [5.74, 6) is 1.32. The van der Waals surface area contributed by atoms with Gasteiger partial charge in [-0.1, -0.05) is 41.9 Å². The van der Waals surface area contributed by atoms with Gasteiger partial charge in [0.25, 0.3) is 5.56 Å². The highest BCUT2D eigenvalue weighted by Crippen LogP contribution is 2.32. The van der Waals surface area contributed by atoms with Crippen molar-refractivity contribution >= 4 is 23.0 Å².